The standard InChI is InChI=1S/C24H35NO2S/c1-4-7-15-22(26)28-21-14-10-9-13-20(21)25-23(27)24(16-11-8-12-17-24)18-19(5-2)6-3/h7,9-10,13-15,19H,4-6,8,11-12,16-18H2,1-3H3,(H,25,27)/b15-7+. The Morgan fingerprint density at radius 2 is 1.79 bits per heavy atom. The summed E-state index contributed by atoms with van der Waals surface area (Å²) in [5.41, 5.74) is 0.490. The Morgan fingerprint density at radius 1 is 1.11 bits per heavy atom. The Hall–Kier alpha value is -1.55. The molecule has 1 aliphatic carbocycles. The van der Waals surface area contributed by atoms with Gasteiger partial charge in [0.05, 0.1) is 5.69 Å². The quantitative estimate of drug-likeness (QED) is 0.358. The van der Waals surface area contributed by atoms with Crippen molar-refractivity contribution >= 4 is 28.5 Å². The van der Waals surface area contributed by atoms with Crippen LogP contribution < -0.4 is 5.32 Å². The normalized spacial score (nSPS) is 16.4. The SMILES string of the molecule is CC/C=C/C(=O)Sc1ccccc1NC(=O)C1(CC(CC)CC)CCCCC1. The number of carbonyl (C=O) groups excluding carboxylic acids is 2. The maximum atomic E-state index is 13.4. The highest BCUT2D eigenvalue weighted by Gasteiger charge is 2.40. The zero-order valence-electron chi connectivity index (χ0n) is 17.6. The van der Waals surface area contributed by atoms with Crippen LogP contribution in [-0.4, -0.2) is 11.0 Å². The number of hydrogen-bond acceptors (Lipinski definition) is 3. The van der Waals surface area contributed by atoms with Crippen LogP contribution >= 0.6 is 11.8 Å². The molecular formula is C24H35NO2S. The van der Waals surface area contributed by atoms with Crippen molar-refractivity contribution in [3.05, 3.63) is 36.4 Å². The monoisotopic (exact) mass is 401 g/mol. The van der Waals surface area contributed by atoms with Gasteiger partial charge in [0.1, 0.15) is 0 Å². The second-order valence-corrected chi connectivity index (χ2v) is 8.96. The van der Waals surface area contributed by atoms with Crippen LogP contribution in [0.15, 0.2) is 41.3 Å². The molecule has 1 saturated carbocycles. The highest BCUT2D eigenvalue weighted by Crippen LogP contribution is 2.44. The highest BCUT2D eigenvalue weighted by atomic mass is 32.2. The highest BCUT2D eigenvalue weighted by molar-refractivity contribution is 8.14. The number of nitrogens with one attached hydrogen (secondary N) is 1. The summed E-state index contributed by atoms with van der Waals surface area (Å²) in [6.07, 6.45) is 13.0. The molecule has 0 bridgehead atoms. The van der Waals surface area contributed by atoms with Crippen molar-refractivity contribution in [3.63, 3.8) is 0 Å². The fourth-order valence-corrected chi connectivity index (χ4v) is 4.91. The van der Waals surface area contributed by atoms with E-state index in [-0.39, 0.29) is 16.4 Å². The van der Waals surface area contributed by atoms with Crippen LogP contribution in [0.1, 0.15) is 78.6 Å². The van der Waals surface area contributed by atoms with Gasteiger partial charge in [-0.3, -0.25) is 9.59 Å². The number of para-hydroxylation sites is 1. The molecule has 0 spiro atoms. The minimum atomic E-state index is -0.265. The zero-order valence-corrected chi connectivity index (χ0v) is 18.4. The van der Waals surface area contributed by atoms with Crippen molar-refractivity contribution in [3.8, 4) is 0 Å². The van der Waals surface area contributed by atoms with Crippen LogP contribution in [0, 0.1) is 11.3 Å². The van der Waals surface area contributed by atoms with E-state index in [4.69, 9.17) is 0 Å². The Bertz CT molecular complexity index is 673. The molecule has 0 aliphatic heterocycles. The van der Waals surface area contributed by atoms with E-state index in [9.17, 15) is 9.59 Å². The van der Waals surface area contributed by atoms with Gasteiger partial charge in [-0.1, -0.05) is 71.1 Å². The molecule has 0 radical (unpaired) electrons. The molecule has 0 saturated heterocycles. The average Bonchev–Trinajstić information content (AvgIpc) is 2.72. The molecule has 1 aliphatic rings. The largest absolute Gasteiger partial charge is 0.325 e. The Morgan fingerprint density at radius 3 is 2.43 bits per heavy atom. The lowest BCUT2D eigenvalue weighted by molar-refractivity contribution is -0.128. The third kappa shape index (κ3) is 6.23. The summed E-state index contributed by atoms with van der Waals surface area (Å²) in [7, 11) is 0. The fraction of sp³-hybridized carbons (Fsp3) is 0.583. The second kappa shape index (κ2) is 11.5. The number of anilines is 1. The van der Waals surface area contributed by atoms with Crippen molar-refractivity contribution in [2.45, 2.75) is 83.5 Å². The van der Waals surface area contributed by atoms with E-state index in [1.54, 1.807) is 6.08 Å². The van der Waals surface area contributed by atoms with E-state index in [2.05, 4.69) is 19.2 Å². The Labute approximate surface area is 174 Å². The lowest BCUT2D eigenvalue weighted by atomic mass is 9.67. The summed E-state index contributed by atoms with van der Waals surface area (Å²) in [5.74, 6) is 0.734. The van der Waals surface area contributed by atoms with Gasteiger partial charge in [0.15, 0.2) is 0 Å². The third-order valence-corrected chi connectivity index (χ3v) is 6.88. The van der Waals surface area contributed by atoms with Gasteiger partial charge in [-0.05, 0) is 61.6 Å². The van der Waals surface area contributed by atoms with Crippen molar-refractivity contribution < 1.29 is 9.59 Å². The molecule has 28 heavy (non-hydrogen) atoms. The smallest absolute Gasteiger partial charge is 0.230 e. The molecule has 0 heterocycles. The lowest BCUT2D eigenvalue weighted by Gasteiger charge is -2.38. The van der Waals surface area contributed by atoms with E-state index in [0.29, 0.717) is 5.92 Å². The molecule has 1 amide bonds. The molecule has 3 nitrogen and oxygen atoms in total. The van der Waals surface area contributed by atoms with Crippen molar-refractivity contribution in [2.24, 2.45) is 11.3 Å². The van der Waals surface area contributed by atoms with E-state index >= 15 is 0 Å². The van der Waals surface area contributed by atoms with Gasteiger partial charge in [-0.25, -0.2) is 0 Å². The maximum Gasteiger partial charge on any atom is 0.230 e. The Kier molecular flexibility index (Phi) is 9.30. The van der Waals surface area contributed by atoms with Gasteiger partial charge in [-0.15, -0.1) is 0 Å². The number of rotatable bonds is 9. The van der Waals surface area contributed by atoms with Crippen LogP contribution in [0.3, 0.4) is 0 Å². The van der Waals surface area contributed by atoms with Gasteiger partial charge in [0.25, 0.3) is 0 Å². The van der Waals surface area contributed by atoms with Gasteiger partial charge in [-0.2, -0.15) is 0 Å². The van der Waals surface area contributed by atoms with Crippen LogP contribution in [0.2, 0.25) is 0 Å². The number of benzene rings is 1. The first-order valence-electron chi connectivity index (χ1n) is 10.8. The molecule has 1 N–H and O–H groups in total. The molecular weight excluding hydrogens is 366 g/mol. The van der Waals surface area contributed by atoms with Crippen LogP contribution in [-0.2, 0) is 9.59 Å². The minimum absolute atomic E-state index is 0.00652. The number of allylic oxidation sites excluding steroid dienone is 1. The molecule has 0 atom stereocenters. The second-order valence-electron chi connectivity index (χ2n) is 7.91. The van der Waals surface area contributed by atoms with E-state index in [1.807, 2.05) is 37.3 Å². The maximum absolute atomic E-state index is 13.4. The van der Waals surface area contributed by atoms with Crippen molar-refractivity contribution in [1.29, 1.82) is 0 Å². The lowest BCUT2D eigenvalue weighted by Crippen LogP contribution is -2.39. The summed E-state index contributed by atoms with van der Waals surface area (Å²) < 4.78 is 0. The zero-order chi connectivity index (χ0) is 20.4. The van der Waals surface area contributed by atoms with Gasteiger partial charge < -0.3 is 5.32 Å². The van der Waals surface area contributed by atoms with Crippen molar-refractivity contribution in [1.82, 2.24) is 0 Å². The average molecular weight is 402 g/mol. The summed E-state index contributed by atoms with van der Waals surface area (Å²) in [6, 6.07) is 7.65. The first-order valence-corrected chi connectivity index (χ1v) is 11.6. The van der Waals surface area contributed by atoms with E-state index < -0.39 is 0 Å². The van der Waals surface area contributed by atoms with Crippen LogP contribution in [0.5, 0.6) is 0 Å². The first kappa shape index (κ1) is 22.7. The summed E-state index contributed by atoms with van der Waals surface area (Å²) >= 11 is 1.18. The van der Waals surface area contributed by atoms with Gasteiger partial charge >= 0.3 is 0 Å². The minimum Gasteiger partial charge on any atom is -0.325 e. The topological polar surface area (TPSA) is 46.2 Å². The molecule has 2 rings (SSSR count). The molecule has 1 aromatic carbocycles. The summed E-state index contributed by atoms with van der Waals surface area (Å²) in [5, 5.41) is 3.19. The molecule has 0 unspecified atom stereocenters. The summed E-state index contributed by atoms with van der Waals surface area (Å²) in [4.78, 5) is 26.4. The predicted molar refractivity (Wildman–Crippen MR) is 120 cm³/mol. The number of thioether (sulfide) groups is 1. The first-order chi connectivity index (χ1) is 13.5. The molecule has 0 aromatic heterocycles. The predicted octanol–water partition coefficient (Wildman–Crippen LogP) is 6.99. The number of carbonyl (C=O) groups is 2. The Balaban J connectivity index is 2.19. The number of amides is 1. The number of hydrogen-bond donors (Lipinski definition) is 1. The third-order valence-electron chi connectivity index (χ3n) is 5.96. The fourth-order valence-electron chi connectivity index (χ4n) is 4.15. The molecule has 1 aromatic rings. The van der Waals surface area contributed by atoms with Gasteiger partial charge in [0, 0.05) is 10.3 Å². The summed E-state index contributed by atoms with van der Waals surface area (Å²) in [6.45, 7) is 6.46. The van der Waals surface area contributed by atoms with Gasteiger partial charge in [0.2, 0.25) is 11.0 Å². The molecule has 1 fully saturated rings. The van der Waals surface area contributed by atoms with Crippen molar-refractivity contribution in [2.75, 3.05) is 5.32 Å². The van der Waals surface area contributed by atoms with E-state index in [1.165, 1.54) is 18.2 Å². The molecule has 4 heteroatoms. The molecule has 154 valence electrons. The van der Waals surface area contributed by atoms with E-state index in [0.717, 1.165) is 61.9 Å². The van der Waals surface area contributed by atoms with Crippen LogP contribution in [0.4, 0.5) is 5.69 Å². The van der Waals surface area contributed by atoms with Crippen LogP contribution in [0.25, 0.3) is 0 Å².